The second kappa shape index (κ2) is 7.49. The number of hydrogen-bond acceptors (Lipinski definition) is 4. The summed E-state index contributed by atoms with van der Waals surface area (Å²) in [4.78, 5) is 22.8. The van der Waals surface area contributed by atoms with E-state index >= 15 is 0 Å². The van der Waals surface area contributed by atoms with Crippen LogP contribution in [-0.2, 0) is 16.0 Å². The van der Waals surface area contributed by atoms with E-state index in [9.17, 15) is 9.59 Å². The number of phenolic OH excluding ortho intramolecular Hbond substituents is 1. The van der Waals surface area contributed by atoms with Gasteiger partial charge in [0.1, 0.15) is 11.8 Å². The number of carboxylic acids is 1. The van der Waals surface area contributed by atoms with E-state index in [0.717, 1.165) is 5.56 Å². The van der Waals surface area contributed by atoms with Crippen LogP contribution in [0.25, 0.3) is 0 Å². The van der Waals surface area contributed by atoms with Crippen LogP contribution >= 0.6 is 0 Å². The van der Waals surface area contributed by atoms with Gasteiger partial charge in [-0.05, 0) is 30.5 Å². The van der Waals surface area contributed by atoms with Gasteiger partial charge in [0.2, 0.25) is 5.91 Å². The lowest BCUT2D eigenvalue weighted by Gasteiger charge is -2.17. The van der Waals surface area contributed by atoms with Gasteiger partial charge < -0.3 is 21.3 Å². The highest BCUT2D eigenvalue weighted by molar-refractivity contribution is 5.86. The van der Waals surface area contributed by atoms with Gasteiger partial charge in [-0.15, -0.1) is 0 Å². The fourth-order valence-corrected chi connectivity index (χ4v) is 1.80. The van der Waals surface area contributed by atoms with Gasteiger partial charge in [-0.25, -0.2) is 4.79 Å². The van der Waals surface area contributed by atoms with Crippen molar-refractivity contribution in [3.8, 4) is 5.75 Å². The molecule has 2 atom stereocenters. The normalized spacial score (nSPS) is 13.5. The molecule has 6 heteroatoms. The molecule has 0 aliphatic rings. The average molecular weight is 280 g/mol. The Morgan fingerprint density at radius 2 is 1.90 bits per heavy atom. The van der Waals surface area contributed by atoms with E-state index in [0.29, 0.717) is 12.8 Å². The lowest BCUT2D eigenvalue weighted by molar-refractivity contribution is -0.142. The van der Waals surface area contributed by atoms with Gasteiger partial charge in [-0.1, -0.05) is 25.5 Å². The van der Waals surface area contributed by atoms with Crippen molar-refractivity contribution in [2.24, 2.45) is 5.73 Å². The standard InChI is InChI=1S/C14H20N2O4/c1-2-3-12(14(19)20)16-13(18)11(15)8-9-4-6-10(17)7-5-9/h4-7,11-12,17H,2-3,8,15H2,1H3,(H,16,18)(H,19,20)/t11-,12?/m1/s1. The van der Waals surface area contributed by atoms with E-state index in [1.807, 2.05) is 6.92 Å². The summed E-state index contributed by atoms with van der Waals surface area (Å²) in [5.41, 5.74) is 6.56. The van der Waals surface area contributed by atoms with Gasteiger partial charge >= 0.3 is 5.97 Å². The number of amides is 1. The van der Waals surface area contributed by atoms with Crippen LogP contribution < -0.4 is 11.1 Å². The maximum atomic E-state index is 11.9. The van der Waals surface area contributed by atoms with Crippen molar-refractivity contribution in [2.45, 2.75) is 38.3 Å². The minimum atomic E-state index is -1.06. The molecule has 0 spiro atoms. The minimum Gasteiger partial charge on any atom is -0.508 e. The Hall–Kier alpha value is -2.08. The summed E-state index contributed by atoms with van der Waals surface area (Å²) in [5, 5.41) is 20.6. The molecule has 0 fully saturated rings. The van der Waals surface area contributed by atoms with Crippen LogP contribution in [0.1, 0.15) is 25.3 Å². The van der Waals surface area contributed by atoms with Gasteiger partial charge in [0, 0.05) is 0 Å². The fraction of sp³-hybridized carbons (Fsp3) is 0.429. The number of carbonyl (C=O) groups is 2. The molecule has 1 aromatic carbocycles. The number of rotatable bonds is 7. The average Bonchev–Trinajstić information content (AvgIpc) is 2.40. The predicted octanol–water partition coefficient (Wildman–Crippen LogP) is 0.631. The van der Waals surface area contributed by atoms with Gasteiger partial charge in [-0.2, -0.15) is 0 Å². The van der Waals surface area contributed by atoms with E-state index in [1.165, 1.54) is 12.1 Å². The molecule has 1 rings (SSSR count). The van der Waals surface area contributed by atoms with Crippen molar-refractivity contribution in [1.29, 1.82) is 0 Å². The summed E-state index contributed by atoms with van der Waals surface area (Å²) in [5.74, 6) is -1.41. The third-order valence-corrected chi connectivity index (χ3v) is 2.92. The van der Waals surface area contributed by atoms with Gasteiger partial charge in [0.15, 0.2) is 0 Å². The van der Waals surface area contributed by atoms with Gasteiger partial charge in [0.25, 0.3) is 0 Å². The molecule has 0 aromatic heterocycles. The smallest absolute Gasteiger partial charge is 0.326 e. The van der Waals surface area contributed by atoms with Crippen molar-refractivity contribution in [2.75, 3.05) is 0 Å². The Labute approximate surface area is 117 Å². The number of hydrogen-bond donors (Lipinski definition) is 4. The van der Waals surface area contributed by atoms with E-state index in [-0.39, 0.29) is 12.2 Å². The van der Waals surface area contributed by atoms with Crippen LogP contribution in [0.5, 0.6) is 5.75 Å². The lowest BCUT2D eigenvalue weighted by Crippen LogP contribution is -2.49. The molecule has 0 aliphatic heterocycles. The number of aromatic hydroxyl groups is 1. The maximum absolute atomic E-state index is 11.9. The van der Waals surface area contributed by atoms with E-state index < -0.39 is 24.0 Å². The van der Waals surface area contributed by atoms with Crippen molar-refractivity contribution in [3.05, 3.63) is 29.8 Å². The summed E-state index contributed by atoms with van der Waals surface area (Å²) < 4.78 is 0. The van der Waals surface area contributed by atoms with Crippen molar-refractivity contribution in [3.63, 3.8) is 0 Å². The summed E-state index contributed by atoms with van der Waals surface area (Å²) in [7, 11) is 0. The lowest BCUT2D eigenvalue weighted by atomic mass is 10.0. The molecule has 0 heterocycles. The Balaban J connectivity index is 2.57. The molecule has 20 heavy (non-hydrogen) atoms. The number of phenols is 1. The molecule has 1 aromatic rings. The maximum Gasteiger partial charge on any atom is 0.326 e. The van der Waals surface area contributed by atoms with Crippen LogP contribution in [0.3, 0.4) is 0 Å². The zero-order valence-corrected chi connectivity index (χ0v) is 11.4. The number of benzene rings is 1. The molecule has 0 radical (unpaired) electrons. The van der Waals surface area contributed by atoms with Crippen LogP contribution in [0.2, 0.25) is 0 Å². The van der Waals surface area contributed by atoms with Gasteiger partial charge in [0.05, 0.1) is 6.04 Å². The van der Waals surface area contributed by atoms with Crippen molar-refractivity contribution < 1.29 is 19.8 Å². The first-order valence-corrected chi connectivity index (χ1v) is 6.50. The Kier molecular flexibility index (Phi) is 5.99. The van der Waals surface area contributed by atoms with E-state index in [2.05, 4.69) is 5.32 Å². The van der Waals surface area contributed by atoms with Crippen molar-refractivity contribution >= 4 is 11.9 Å². The summed E-state index contributed by atoms with van der Waals surface area (Å²) in [6.07, 6.45) is 1.31. The van der Waals surface area contributed by atoms with Crippen LogP contribution in [0.15, 0.2) is 24.3 Å². The molecular weight excluding hydrogens is 260 g/mol. The first-order chi connectivity index (χ1) is 9.43. The third-order valence-electron chi connectivity index (χ3n) is 2.92. The quantitative estimate of drug-likeness (QED) is 0.585. The van der Waals surface area contributed by atoms with Crippen LogP contribution in [-0.4, -0.2) is 34.2 Å². The highest BCUT2D eigenvalue weighted by atomic mass is 16.4. The largest absolute Gasteiger partial charge is 0.508 e. The fourth-order valence-electron chi connectivity index (χ4n) is 1.80. The molecule has 0 bridgehead atoms. The zero-order chi connectivity index (χ0) is 15.1. The molecule has 1 unspecified atom stereocenters. The van der Waals surface area contributed by atoms with E-state index in [1.54, 1.807) is 12.1 Å². The molecule has 5 N–H and O–H groups in total. The molecular formula is C14H20N2O4. The highest BCUT2D eigenvalue weighted by Crippen LogP contribution is 2.11. The van der Waals surface area contributed by atoms with Crippen molar-refractivity contribution in [1.82, 2.24) is 5.32 Å². The Morgan fingerprint density at radius 1 is 1.30 bits per heavy atom. The first kappa shape index (κ1) is 16.0. The number of carboxylic acid groups (broad SMARTS) is 1. The molecule has 1 amide bonds. The topological polar surface area (TPSA) is 113 Å². The molecule has 6 nitrogen and oxygen atoms in total. The first-order valence-electron chi connectivity index (χ1n) is 6.50. The second-order valence-corrected chi connectivity index (χ2v) is 4.67. The number of nitrogens with one attached hydrogen (secondary N) is 1. The Bertz CT molecular complexity index is 459. The second-order valence-electron chi connectivity index (χ2n) is 4.67. The molecule has 0 saturated carbocycles. The summed E-state index contributed by atoms with van der Waals surface area (Å²) >= 11 is 0. The number of carbonyl (C=O) groups excluding carboxylic acids is 1. The summed E-state index contributed by atoms with van der Waals surface area (Å²) in [6.45, 7) is 1.85. The monoisotopic (exact) mass is 280 g/mol. The predicted molar refractivity (Wildman–Crippen MR) is 74.3 cm³/mol. The van der Waals surface area contributed by atoms with E-state index in [4.69, 9.17) is 15.9 Å². The SMILES string of the molecule is CCCC(NC(=O)[C@H](N)Cc1ccc(O)cc1)C(=O)O. The third kappa shape index (κ3) is 4.89. The highest BCUT2D eigenvalue weighted by Gasteiger charge is 2.22. The molecule has 0 aliphatic carbocycles. The zero-order valence-electron chi connectivity index (χ0n) is 11.4. The number of aliphatic carboxylic acids is 1. The molecule has 110 valence electrons. The molecule has 0 saturated heterocycles. The summed E-state index contributed by atoms with van der Waals surface area (Å²) in [6, 6.07) is 4.64. The minimum absolute atomic E-state index is 0.139. The van der Waals surface area contributed by atoms with Crippen LogP contribution in [0, 0.1) is 0 Å². The van der Waals surface area contributed by atoms with Crippen LogP contribution in [0.4, 0.5) is 0 Å². The number of nitrogens with two attached hydrogens (primary N) is 1. The Morgan fingerprint density at radius 3 is 2.40 bits per heavy atom. The van der Waals surface area contributed by atoms with Gasteiger partial charge in [-0.3, -0.25) is 4.79 Å².